The molecule has 0 bridgehead atoms. The normalized spacial score (nSPS) is 18.4. The number of likely N-dealkylation sites (tertiary alicyclic amines) is 1. The van der Waals surface area contributed by atoms with Crippen molar-refractivity contribution in [1.82, 2.24) is 14.7 Å². The van der Waals surface area contributed by atoms with Crippen molar-refractivity contribution in [2.24, 2.45) is 5.92 Å². The lowest BCUT2D eigenvalue weighted by molar-refractivity contribution is -0.133. The molecule has 1 aliphatic heterocycles. The van der Waals surface area contributed by atoms with Gasteiger partial charge in [0.05, 0.1) is 17.3 Å². The number of fused-ring (bicyclic) bond motifs is 1. The fourth-order valence-corrected chi connectivity index (χ4v) is 4.45. The van der Waals surface area contributed by atoms with Gasteiger partial charge >= 0.3 is 0 Å². The number of carbonyl (C=O) groups is 1. The fourth-order valence-electron chi connectivity index (χ4n) is 3.32. The van der Waals surface area contributed by atoms with Crippen LogP contribution in [-0.4, -0.2) is 54.1 Å². The lowest BCUT2D eigenvalue weighted by atomic mass is 10.00. The van der Waals surface area contributed by atoms with E-state index in [2.05, 4.69) is 5.10 Å². The Labute approximate surface area is 146 Å². The van der Waals surface area contributed by atoms with Gasteiger partial charge in [0.25, 0.3) is 5.56 Å². The van der Waals surface area contributed by atoms with E-state index in [-0.39, 0.29) is 29.7 Å². The van der Waals surface area contributed by atoms with Crippen LogP contribution in [0, 0.1) is 5.92 Å². The van der Waals surface area contributed by atoms with Crippen LogP contribution in [-0.2, 0) is 21.2 Å². The van der Waals surface area contributed by atoms with Gasteiger partial charge in [0.15, 0.2) is 0 Å². The van der Waals surface area contributed by atoms with Crippen molar-refractivity contribution < 1.29 is 13.2 Å². The Kier molecular flexibility index (Phi) is 4.89. The maximum Gasteiger partial charge on any atom is 0.275 e. The van der Waals surface area contributed by atoms with Gasteiger partial charge in [0.1, 0.15) is 16.4 Å². The zero-order chi connectivity index (χ0) is 18.0. The standard InChI is InChI=1S/C17H21N3O4S/c1-25(23,24)12-13-5-4-8-19(10-13)16(21)11-20-17(22)15-7-3-2-6-14(15)9-18-20/h2-3,6-7,9,13H,4-5,8,10-12H2,1H3/t13-/m0/s1. The van der Waals surface area contributed by atoms with Gasteiger partial charge in [-0.05, 0) is 24.8 Å². The highest BCUT2D eigenvalue weighted by molar-refractivity contribution is 7.90. The van der Waals surface area contributed by atoms with Crippen molar-refractivity contribution in [2.45, 2.75) is 19.4 Å². The summed E-state index contributed by atoms with van der Waals surface area (Å²) in [5, 5.41) is 5.35. The smallest absolute Gasteiger partial charge is 0.275 e. The van der Waals surface area contributed by atoms with E-state index in [1.165, 1.54) is 10.9 Å². The van der Waals surface area contributed by atoms with Crippen molar-refractivity contribution in [3.05, 3.63) is 40.8 Å². The lowest BCUT2D eigenvalue weighted by Crippen LogP contribution is -2.44. The van der Waals surface area contributed by atoms with Gasteiger partial charge in [-0.15, -0.1) is 0 Å². The zero-order valence-electron chi connectivity index (χ0n) is 14.1. The molecular formula is C17H21N3O4S. The highest BCUT2D eigenvalue weighted by Gasteiger charge is 2.26. The topological polar surface area (TPSA) is 89.3 Å². The minimum absolute atomic E-state index is 0.0472. The summed E-state index contributed by atoms with van der Waals surface area (Å²) >= 11 is 0. The van der Waals surface area contributed by atoms with E-state index < -0.39 is 9.84 Å². The van der Waals surface area contributed by atoms with Crippen LogP contribution in [0.4, 0.5) is 0 Å². The quantitative estimate of drug-likeness (QED) is 0.797. The third-order valence-corrected chi connectivity index (χ3v) is 5.53. The van der Waals surface area contributed by atoms with Crippen molar-refractivity contribution in [3.63, 3.8) is 0 Å². The zero-order valence-corrected chi connectivity index (χ0v) is 14.9. The molecule has 0 aliphatic carbocycles. The van der Waals surface area contributed by atoms with Crippen LogP contribution in [0.3, 0.4) is 0 Å². The van der Waals surface area contributed by atoms with E-state index >= 15 is 0 Å². The predicted octanol–water partition coefficient (Wildman–Crippen LogP) is 0.680. The van der Waals surface area contributed by atoms with Crippen LogP contribution in [0.2, 0.25) is 0 Å². The molecule has 25 heavy (non-hydrogen) atoms. The molecule has 2 aromatic rings. The number of piperidine rings is 1. The molecular weight excluding hydrogens is 342 g/mol. The number of sulfone groups is 1. The molecule has 1 aromatic heterocycles. The molecule has 0 radical (unpaired) electrons. The maximum atomic E-state index is 12.5. The molecule has 7 nitrogen and oxygen atoms in total. The Morgan fingerprint density at radius 2 is 2.08 bits per heavy atom. The molecule has 3 rings (SSSR count). The summed E-state index contributed by atoms with van der Waals surface area (Å²) in [6, 6.07) is 7.12. The molecule has 1 saturated heterocycles. The Hall–Kier alpha value is -2.22. The van der Waals surface area contributed by atoms with Crippen LogP contribution in [0.5, 0.6) is 0 Å². The first-order valence-electron chi connectivity index (χ1n) is 8.24. The molecule has 0 spiro atoms. The molecule has 1 amide bonds. The molecule has 1 aliphatic rings. The first kappa shape index (κ1) is 17.6. The Balaban J connectivity index is 1.74. The van der Waals surface area contributed by atoms with Crippen molar-refractivity contribution in [3.8, 4) is 0 Å². The minimum atomic E-state index is -3.07. The summed E-state index contributed by atoms with van der Waals surface area (Å²) < 4.78 is 24.1. The second kappa shape index (κ2) is 6.95. The number of amides is 1. The van der Waals surface area contributed by atoms with E-state index in [0.29, 0.717) is 18.5 Å². The average Bonchev–Trinajstić information content (AvgIpc) is 2.56. The Morgan fingerprint density at radius 3 is 2.84 bits per heavy atom. The van der Waals surface area contributed by atoms with E-state index in [4.69, 9.17) is 0 Å². The van der Waals surface area contributed by atoms with Crippen molar-refractivity contribution in [2.75, 3.05) is 25.1 Å². The second-order valence-electron chi connectivity index (χ2n) is 6.64. The fraction of sp³-hybridized carbons (Fsp3) is 0.471. The highest BCUT2D eigenvalue weighted by Crippen LogP contribution is 2.18. The molecule has 1 aromatic carbocycles. The van der Waals surface area contributed by atoms with Crippen LogP contribution < -0.4 is 5.56 Å². The summed E-state index contributed by atoms with van der Waals surface area (Å²) in [6.07, 6.45) is 4.36. The number of aromatic nitrogens is 2. The SMILES string of the molecule is CS(=O)(=O)C[C@H]1CCCN(C(=O)Cn2ncc3ccccc3c2=O)C1. The summed E-state index contributed by atoms with van der Waals surface area (Å²) in [4.78, 5) is 26.6. The van der Waals surface area contributed by atoms with Crippen LogP contribution in [0.15, 0.2) is 35.3 Å². The molecule has 0 N–H and O–H groups in total. The van der Waals surface area contributed by atoms with E-state index in [0.717, 1.165) is 18.2 Å². The van der Waals surface area contributed by atoms with Gasteiger partial charge in [-0.2, -0.15) is 5.10 Å². The molecule has 1 fully saturated rings. The summed E-state index contributed by atoms with van der Waals surface area (Å²) in [7, 11) is -3.07. The van der Waals surface area contributed by atoms with Crippen molar-refractivity contribution in [1.29, 1.82) is 0 Å². The van der Waals surface area contributed by atoms with Gasteiger partial charge in [-0.25, -0.2) is 13.1 Å². The molecule has 2 heterocycles. The third kappa shape index (κ3) is 4.25. The molecule has 134 valence electrons. The molecule has 8 heteroatoms. The first-order valence-corrected chi connectivity index (χ1v) is 10.3. The number of rotatable bonds is 4. The number of benzene rings is 1. The second-order valence-corrected chi connectivity index (χ2v) is 8.82. The monoisotopic (exact) mass is 363 g/mol. The van der Waals surface area contributed by atoms with E-state index in [1.54, 1.807) is 29.3 Å². The van der Waals surface area contributed by atoms with Gasteiger partial charge in [-0.3, -0.25) is 9.59 Å². The number of hydrogen-bond acceptors (Lipinski definition) is 5. The van der Waals surface area contributed by atoms with Gasteiger partial charge in [-0.1, -0.05) is 18.2 Å². The third-order valence-electron chi connectivity index (χ3n) is 4.46. The Bertz CT molecular complexity index is 952. The van der Waals surface area contributed by atoms with Crippen molar-refractivity contribution >= 4 is 26.5 Å². The summed E-state index contributed by atoms with van der Waals surface area (Å²) in [6.45, 7) is 0.866. The molecule has 0 saturated carbocycles. The first-order chi connectivity index (χ1) is 11.8. The number of hydrogen-bond donors (Lipinski definition) is 0. The van der Waals surface area contributed by atoms with Crippen LogP contribution >= 0.6 is 0 Å². The van der Waals surface area contributed by atoms with Crippen LogP contribution in [0.25, 0.3) is 10.8 Å². The Morgan fingerprint density at radius 1 is 1.32 bits per heavy atom. The number of nitrogens with zero attached hydrogens (tertiary/aromatic N) is 3. The summed E-state index contributed by atoms with van der Waals surface area (Å²) in [5.41, 5.74) is -0.295. The van der Waals surface area contributed by atoms with E-state index in [9.17, 15) is 18.0 Å². The largest absolute Gasteiger partial charge is 0.341 e. The lowest BCUT2D eigenvalue weighted by Gasteiger charge is -2.32. The van der Waals surface area contributed by atoms with Crippen LogP contribution in [0.1, 0.15) is 12.8 Å². The van der Waals surface area contributed by atoms with E-state index in [1.807, 2.05) is 6.07 Å². The average molecular weight is 363 g/mol. The van der Waals surface area contributed by atoms with Gasteiger partial charge in [0.2, 0.25) is 5.91 Å². The number of carbonyl (C=O) groups excluding carboxylic acids is 1. The minimum Gasteiger partial charge on any atom is -0.341 e. The highest BCUT2D eigenvalue weighted by atomic mass is 32.2. The van der Waals surface area contributed by atoms with Gasteiger partial charge in [0, 0.05) is 24.7 Å². The van der Waals surface area contributed by atoms with Gasteiger partial charge < -0.3 is 4.90 Å². The predicted molar refractivity (Wildman–Crippen MR) is 95.0 cm³/mol. The maximum absolute atomic E-state index is 12.5. The molecule has 0 unspecified atom stereocenters. The molecule has 1 atom stereocenters. The summed E-state index contributed by atoms with van der Waals surface area (Å²) in [5.74, 6) is -0.164.